The number of aryl methyl sites for hydroxylation is 1. The van der Waals surface area contributed by atoms with Crippen LogP contribution in [0.4, 0.5) is 17.5 Å². The average molecular weight is 221 g/mol. The molecule has 16 heavy (non-hydrogen) atoms. The molecule has 2 aliphatic rings. The number of rotatable bonds is 3. The Bertz CT molecular complexity index is 467. The molecule has 2 fully saturated rings. The lowest BCUT2D eigenvalue weighted by atomic mass is 10.3. The summed E-state index contributed by atoms with van der Waals surface area (Å²) in [7, 11) is 0. The molecule has 1 aromatic heterocycles. The van der Waals surface area contributed by atoms with Crippen molar-refractivity contribution in [2.75, 3.05) is 36.0 Å². The van der Waals surface area contributed by atoms with Crippen LogP contribution in [0.15, 0.2) is 0 Å². The van der Waals surface area contributed by atoms with Crippen LogP contribution in [0.2, 0.25) is 0 Å². The van der Waals surface area contributed by atoms with Gasteiger partial charge >= 0.3 is 5.69 Å². The molecule has 0 saturated carbocycles. The van der Waals surface area contributed by atoms with Crippen LogP contribution in [0, 0.1) is 17.0 Å². The van der Waals surface area contributed by atoms with Crippen LogP contribution in [-0.2, 0) is 0 Å². The molecule has 2 saturated heterocycles. The van der Waals surface area contributed by atoms with Crippen molar-refractivity contribution in [2.24, 2.45) is 0 Å². The molecule has 0 bridgehead atoms. The van der Waals surface area contributed by atoms with Gasteiger partial charge in [-0.3, -0.25) is 10.1 Å². The second kappa shape index (κ2) is 3.03. The van der Waals surface area contributed by atoms with Gasteiger partial charge in [0.25, 0.3) is 0 Å². The van der Waals surface area contributed by atoms with Gasteiger partial charge in [-0.1, -0.05) is 0 Å². The highest BCUT2D eigenvalue weighted by molar-refractivity contribution is 5.65. The Morgan fingerprint density at radius 2 is 1.81 bits per heavy atom. The maximum Gasteiger partial charge on any atom is 0.332 e. The lowest BCUT2D eigenvalue weighted by molar-refractivity contribution is -0.385. The molecule has 2 aliphatic heterocycles. The minimum absolute atomic E-state index is 0.0445. The highest BCUT2D eigenvalue weighted by atomic mass is 16.6. The molecule has 84 valence electrons. The molecule has 0 radical (unpaired) electrons. The molecule has 0 unspecified atom stereocenters. The first-order valence-corrected chi connectivity index (χ1v) is 5.20. The summed E-state index contributed by atoms with van der Waals surface area (Å²) in [5.74, 6) is 1.09. The molecule has 1 aromatic rings. The summed E-state index contributed by atoms with van der Waals surface area (Å²) in [6.45, 7) is 5.24. The molecule has 0 atom stereocenters. The molecular weight excluding hydrogens is 210 g/mol. The molecule has 7 heteroatoms. The van der Waals surface area contributed by atoms with Crippen molar-refractivity contribution in [3.8, 4) is 0 Å². The van der Waals surface area contributed by atoms with E-state index >= 15 is 0 Å². The maximum atomic E-state index is 11.0. The predicted molar refractivity (Wildman–Crippen MR) is 57.8 cm³/mol. The summed E-state index contributed by atoms with van der Waals surface area (Å²) in [6.07, 6.45) is 0. The highest BCUT2D eigenvalue weighted by Gasteiger charge is 2.33. The van der Waals surface area contributed by atoms with E-state index in [4.69, 9.17) is 0 Å². The van der Waals surface area contributed by atoms with Crippen LogP contribution in [0.25, 0.3) is 0 Å². The first-order chi connectivity index (χ1) is 7.66. The molecule has 3 rings (SSSR count). The Labute approximate surface area is 91.9 Å². The number of hydrogen-bond donors (Lipinski definition) is 0. The average Bonchev–Trinajstić information content (AvgIpc) is 3.08. The van der Waals surface area contributed by atoms with Crippen molar-refractivity contribution >= 4 is 17.5 Å². The van der Waals surface area contributed by atoms with Gasteiger partial charge in [0.1, 0.15) is 5.69 Å². The highest BCUT2D eigenvalue weighted by Crippen LogP contribution is 2.34. The van der Waals surface area contributed by atoms with Gasteiger partial charge in [-0.2, -0.15) is 4.98 Å². The summed E-state index contributed by atoms with van der Waals surface area (Å²) in [6, 6.07) is 0. The Balaban J connectivity index is 2.11. The third kappa shape index (κ3) is 1.44. The number of nitrogens with zero attached hydrogens (tertiary/aromatic N) is 5. The zero-order valence-electron chi connectivity index (χ0n) is 8.88. The van der Waals surface area contributed by atoms with Crippen LogP contribution in [-0.4, -0.2) is 41.1 Å². The molecule has 7 nitrogen and oxygen atoms in total. The van der Waals surface area contributed by atoms with Gasteiger partial charge in [0, 0.05) is 26.2 Å². The Hall–Kier alpha value is -1.92. The topological polar surface area (TPSA) is 74.9 Å². The standard InChI is InChI=1S/C9H11N5O2/c1-6-7(14(15)16)8(12-2-3-12)11-9(10-6)13-4-5-13/h2-5H2,1H3. The second-order valence-corrected chi connectivity index (χ2v) is 4.01. The van der Waals surface area contributed by atoms with E-state index in [1.54, 1.807) is 6.92 Å². The quantitative estimate of drug-likeness (QED) is 0.416. The maximum absolute atomic E-state index is 11.0. The minimum atomic E-state index is -0.394. The van der Waals surface area contributed by atoms with E-state index in [0.717, 1.165) is 26.2 Å². The second-order valence-electron chi connectivity index (χ2n) is 4.01. The Morgan fingerprint density at radius 3 is 2.31 bits per heavy atom. The predicted octanol–water partition coefficient (Wildman–Crippen LogP) is 0.333. The van der Waals surface area contributed by atoms with Crippen molar-refractivity contribution < 1.29 is 4.92 Å². The molecule has 0 N–H and O–H groups in total. The Morgan fingerprint density at radius 1 is 1.19 bits per heavy atom. The summed E-state index contributed by atoms with van der Waals surface area (Å²) in [5.41, 5.74) is 0.493. The van der Waals surface area contributed by atoms with Gasteiger partial charge in [-0.25, -0.2) is 4.98 Å². The van der Waals surface area contributed by atoms with Crippen molar-refractivity contribution in [3.05, 3.63) is 15.8 Å². The smallest absolute Gasteiger partial charge is 0.332 e. The molecule has 0 amide bonds. The van der Waals surface area contributed by atoms with Crippen LogP contribution in [0.5, 0.6) is 0 Å². The van der Waals surface area contributed by atoms with Gasteiger partial charge in [0.05, 0.1) is 4.92 Å². The van der Waals surface area contributed by atoms with Gasteiger partial charge in [-0.15, -0.1) is 0 Å². The van der Waals surface area contributed by atoms with Gasteiger partial charge in [0.15, 0.2) is 0 Å². The first kappa shape index (κ1) is 9.32. The summed E-state index contributed by atoms with van der Waals surface area (Å²) < 4.78 is 0. The van der Waals surface area contributed by atoms with Crippen LogP contribution >= 0.6 is 0 Å². The number of aromatic nitrogens is 2. The van der Waals surface area contributed by atoms with Gasteiger partial charge in [0.2, 0.25) is 11.8 Å². The van der Waals surface area contributed by atoms with E-state index in [-0.39, 0.29) is 5.69 Å². The fourth-order valence-electron chi connectivity index (χ4n) is 1.62. The summed E-state index contributed by atoms with van der Waals surface area (Å²) in [4.78, 5) is 22.9. The van der Waals surface area contributed by atoms with Crippen molar-refractivity contribution in [1.29, 1.82) is 0 Å². The van der Waals surface area contributed by atoms with Gasteiger partial charge in [-0.05, 0) is 6.92 Å². The molecule has 0 spiro atoms. The van der Waals surface area contributed by atoms with Gasteiger partial charge < -0.3 is 9.80 Å². The van der Waals surface area contributed by atoms with Crippen LogP contribution in [0.3, 0.4) is 0 Å². The Kier molecular flexibility index (Phi) is 1.77. The monoisotopic (exact) mass is 221 g/mol. The number of hydrogen-bond acceptors (Lipinski definition) is 6. The molecule has 3 heterocycles. The molecule has 0 aromatic carbocycles. The van der Waals surface area contributed by atoms with Crippen LogP contribution < -0.4 is 9.80 Å². The van der Waals surface area contributed by atoms with E-state index in [1.807, 2.05) is 9.80 Å². The minimum Gasteiger partial charge on any atom is -0.347 e. The zero-order valence-corrected chi connectivity index (χ0v) is 8.88. The van der Waals surface area contributed by atoms with E-state index < -0.39 is 4.92 Å². The van der Waals surface area contributed by atoms with Crippen molar-refractivity contribution in [3.63, 3.8) is 0 Å². The molecule has 0 aliphatic carbocycles. The fourth-order valence-corrected chi connectivity index (χ4v) is 1.62. The fraction of sp³-hybridized carbons (Fsp3) is 0.556. The summed E-state index contributed by atoms with van der Waals surface area (Å²) in [5, 5.41) is 11.0. The van der Waals surface area contributed by atoms with E-state index in [9.17, 15) is 10.1 Å². The van der Waals surface area contributed by atoms with E-state index in [2.05, 4.69) is 9.97 Å². The SMILES string of the molecule is Cc1nc(N2CC2)nc(N2CC2)c1[N+](=O)[O-]. The number of anilines is 2. The third-order valence-electron chi connectivity index (χ3n) is 2.69. The normalized spacial score (nSPS) is 17.6. The van der Waals surface area contributed by atoms with Crippen molar-refractivity contribution in [2.45, 2.75) is 6.92 Å². The summed E-state index contributed by atoms with van der Waals surface area (Å²) >= 11 is 0. The lowest BCUT2D eigenvalue weighted by Gasteiger charge is -2.08. The van der Waals surface area contributed by atoms with E-state index in [1.165, 1.54) is 0 Å². The third-order valence-corrected chi connectivity index (χ3v) is 2.69. The first-order valence-electron chi connectivity index (χ1n) is 5.20. The molecular formula is C9H11N5O2. The lowest BCUT2D eigenvalue weighted by Crippen LogP contribution is -2.08. The van der Waals surface area contributed by atoms with Crippen molar-refractivity contribution in [1.82, 2.24) is 9.97 Å². The van der Waals surface area contributed by atoms with Crippen LogP contribution in [0.1, 0.15) is 5.69 Å². The largest absolute Gasteiger partial charge is 0.347 e. The van der Waals surface area contributed by atoms with E-state index in [0.29, 0.717) is 17.5 Å². The zero-order chi connectivity index (χ0) is 11.3. The number of nitro groups is 1.